The minimum Gasteiger partial charge on any atom is -0.323 e. The molecule has 0 aliphatic heterocycles. The maximum atomic E-state index is 12.9. The zero-order chi connectivity index (χ0) is 12.5. The van der Waals surface area contributed by atoms with Crippen molar-refractivity contribution in [2.45, 2.75) is 26.8 Å². The summed E-state index contributed by atoms with van der Waals surface area (Å²) >= 11 is 0. The van der Waals surface area contributed by atoms with Crippen molar-refractivity contribution in [3.63, 3.8) is 0 Å². The summed E-state index contributed by atoms with van der Waals surface area (Å²) in [4.78, 5) is 10.2. The molecule has 0 aliphatic carbocycles. The number of nitrogens with zero attached hydrogens (tertiary/aromatic N) is 1. The van der Waals surface area contributed by atoms with Crippen LogP contribution in [0.3, 0.4) is 0 Å². The second-order valence-corrected chi connectivity index (χ2v) is 4.80. The summed E-state index contributed by atoms with van der Waals surface area (Å²) < 4.78 is 12.9. The van der Waals surface area contributed by atoms with Crippen LogP contribution in [0.2, 0.25) is 0 Å². The van der Waals surface area contributed by atoms with Crippen molar-refractivity contribution in [3.05, 3.63) is 39.7 Å². The highest BCUT2D eigenvalue weighted by atomic mass is 35.5. The van der Waals surface area contributed by atoms with Crippen LogP contribution in [0.25, 0.3) is 0 Å². The van der Waals surface area contributed by atoms with Crippen molar-refractivity contribution in [1.82, 2.24) is 0 Å². The first kappa shape index (κ1) is 15.8. The molecule has 0 unspecified atom stereocenters. The fourth-order valence-corrected chi connectivity index (χ4v) is 1.40. The van der Waals surface area contributed by atoms with Gasteiger partial charge in [0.25, 0.3) is 5.69 Å². The van der Waals surface area contributed by atoms with Crippen LogP contribution in [0.1, 0.15) is 32.4 Å². The number of nitrogens with two attached hydrogens (primary N) is 1. The van der Waals surface area contributed by atoms with Gasteiger partial charge in [0.15, 0.2) is 0 Å². The lowest BCUT2D eigenvalue weighted by atomic mass is 9.82. The Kier molecular flexibility index (Phi) is 5.04. The Bertz CT molecular complexity index is 418. The highest BCUT2D eigenvalue weighted by Gasteiger charge is 2.28. The molecule has 1 aromatic carbocycles. The molecule has 1 aromatic rings. The van der Waals surface area contributed by atoms with E-state index in [1.165, 1.54) is 12.1 Å². The van der Waals surface area contributed by atoms with E-state index in [0.717, 1.165) is 6.07 Å². The third kappa shape index (κ3) is 3.64. The third-order valence-corrected chi connectivity index (χ3v) is 2.46. The minimum atomic E-state index is -0.628. The topological polar surface area (TPSA) is 69.2 Å². The Morgan fingerprint density at radius 1 is 1.41 bits per heavy atom. The van der Waals surface area contributed by atoms with Crippen molar-refractivity contribution in [2.75, 3.05) is 0 Å². The van der Waals surface area contributed by atoms with Gasteiger partial charge in [0, 0.05) is 11.6 Å². The molecular formula is C11H16ClFN2O2. The molecule has 6 heteroatoms. The van der Waals surface area contributed by atoms with Gasteiger partial charge in [-0.25, -0.2) is 4.39 Å². The van der Waals surface area contributed by atoms with Gasteiger partial charge in [0.2, 0.25) is 0 Å². The van der Waals surface area contributed by atoms with Crippen LogP contribution in [0.5, 0.6) is 0 Å². The lowest BCUT2D eigenvalue weighted by Gasteiger charge is -2.27. The predicted molar refractivity (Wildman–Crippen MR) is 66.7 cm³/mol. The number of halogens is 2. The molecule has 0 spiro atoms. The number of nitro groups is 1. The van der Waals surface area contributed by atoms with Gasteiger partial charge in [-0.05, 0) is 17.5 Å². The van der Waals surface area contributed by atoms with Crippen LogP contribution in [-0.2, 0) is 0 Å². The molecule has 96 valence electrons. The van der Waals surface area contributed by atoms with E-state index in [-0.39, 0.29) is 23.5 Å². The lowest BCUT2D eigenvalue weighted by molar-refractivity contribution is -0.386. The Labute approximate surface area is 106 Å². The Morgan fingerprint density at radius 3 is 2.35 bits per heavy atom. The van der Waals surface area contributed by atoms with Gasteiger partial charge in [0.05, 0.1) is 11.0 Å². The second kappa shape index (κ2) is 5.42. The summed E-state index contributed by atoms with van der Waals surface area (Å²) in [5.41, 5.74) is 5.72. The van der Waals surface area contributed by atoms with Gasteiger partial charge in [-0.2, -0.15) is 0 Å². The molecular weight excluding hydrogens is 247 g/mol. The molecule has 1 rings (SSSR count). The smallest absolute Gasteiger partial charge is 0.277 e. The van der Waals surface area contributed by atoms with Crippen LogP contribution in [0, 0.1) is 21.3 Å². The van der Waals surface area contributed by atoms with E-state index in [9.17, 15) is 14.5 Å². The SMILES string of the molecule is CC(C)(C)[C@H](N)c1ccc(F)cc1[N+](=O)[O-].Cl. The number of hydrogen-bond acceptors (Lipinski definition) is 3. The first-order valence-electron chi connectivity index (χ1n) is 4.93. The number of nitro benzene ring substituents is 1. The molecule has 0 aromatic heterocycles. The van der Waals surface area contributed by atoms with Crippen molar-refractivity contribution >= 4 is 18.1 Å². The molecule has 0 heterocycles. The third-order valence-electron chi connectivity index (χ3n) is 2.46. The maximum absolute atomic E-state index is 12.9. The Hall–Kier alpha value is -1.20. The van der Waals surface area contributed by atoms with Gasteiger partial charge < -0.3 is 5.73 Å². The van der Waals surface area contributed by atoms with Crippen LogP contribution < -0.4 is 5.73 Å². The van der Waals surface area contributed by atoms with Crippen molar-refractivity contribution in [3.8, 4) is 0 Å². The van der Waals surface area contributed by atoms with E-state index in [2.05, 4.69) is 0 Å². The summed E-state index contributed by atoms with van der Waals surface area (Å²) in [6.45, 7) is 5.64. The standard InChI is InChI=1S/C11H15FN2O2.ClH/c1-11(2,3)10(13)8-5-4-7(12)6-9(8)14(15)16;/h4-6,10H,13H2,1-3H3;1H/t10-;/m1./s1. The second-order valence-electron chi connectivity index (χ2n) is 4.80. The summed E-state index contributed by atoms with van der Waals surface area (Å²) in [5.74, 6) is -0.628. The molecule has 4 nitrogen and oxygen atoms in total. The average molecular weight is 263 g/mol. The van der Waals surface area contributed by atoms with E-state index in [4.69, 9.17) is 5.73 Å². The van der Waals surface area contributed by atoms with Crippen LogP contribution in [-0.4, -0.2) is 4.92 Å². The lowest BCUT2D eigenvalue weighted by Crippen LogP contribution is -2.27. The first-order valence-corrected chi connectivity index (χ1v) is 4.93. The zero-order valence-corrected chi connectivity index (χ0v) is 10.8. The number of rotatable bonds is 2. The van der Waals surface area contributed by atoms with Gasteiger partial charge in [-0.1, -0.05) is 20.8 Å². The van der Waals surface area contributed by atoms with Gasteiger partial charge in [-0.15, -0.1) is 12.4 Å². The normalized spacial score (nSPS) is 12.8. The first-order chi connectivity index (χ1) is 7.23. The van der Waals surface area contributed by atoms with Crippen LogP contribution in [0.4, 0.5) is 10.1 Å². The van der Waals surface area contributed by atoms with E-state index >= 15 is 0 Å². The van der Waals surface area contributed by atoms with Gasteiger partial charge >= 0.3 is 0 Å². The molecule has 0 bridgehead atoms. The van der Waals surface area contributed by atoms with Crippen LogP contribution in [0.15, 0.2) is 18.2 Å². The largest absolute Gasteiger partial charge is 0.323 e. The minimum absolute atomic E-state index is 0. The van der Waals surface area contributed by atoms with Crippen LogP contribution >= 0.6 is 12.4 Å². The molecule has 0 fully saturated rings. The van der Waals surface area contributed by atoms with Gasteiger partial charge in [-0.3, -0.25) is 10.1 Å². The molecule has 1 atom stereocenters. The van der Waals surface area contributed by atoms with E-state index < -0.39 is 16.8 Å². The molecule has 0 amide bonds. The molecule has 0 radical (unpaired) electrons. The molecule has 0 saturated carbocycles. The van der Waals surface area contributed by atoms with Gasteiger partial charge in [0.1, 0.15) is 5.82 Å². The maximum Gasteiger partial charge on any atom is 0.277 e. The zero-order valence-electron chi connectivity index (χ0n) is 9.94. The summed E-state index contributed by atoms with van der Waals surface area (Å²) in [6, 6.07) is 2.96. The number of hydrogen-bond donors (Lipinski definition) is 1. The molecule has 17 heavy (non-hydrogen) atoms. The highest BCUT2D eigenvalue weighted by molar-refractivity contribution is 5.85. The molecule has 0 saturated heterocycles. The van der Waals surface area contributed by atoms with Crippen molar-refractivity contribution in [2.24, 2.45) is 11.1 Å². The predicted octanol–water partition coefficient (Wildman–Crippen LogP) is 3.20. The summed E-state index contributed by atoms with van der Waals surface area (Å²) in [6.07, 6.45) is 0. The Morgan fingerprint density at radius 2 is 1.94 bits per heavy atom. The quantitative estimate of drug-likeness (QED) is 0.657. The summed E-state index contributed by atoms with van der Waals surface area (Å²) in [7, 11) is 0. The van der Waals surface area contributed by atoms with Crippen molar-refractivity contribution < 1.29 is 9.31 Å². The number of benzene rings is 1. The monoisotopic (exact) mass is 262 g/mol. The van der Waals surface area contributed by atoms with E-state index in [1.807, 2.05) is 20.8 Å². The average Bonchev–Trinajstić information content (AvgIpc) is 2.15. The van der Waals surface area contributed by atoms with Crippen molar-refractivity contribution in [1.29, 1.82) is 0 Å². The fourth-order valence-electron chi connectivity index (χ4n) is 1.40. The highest BCUT2D eigenvalue weighted by Crippen LogP contribution is 2.35. The molecule has 2 N–H and O–H groups in total. The Balaban J connectivity index is 0.00000256. The molecule has 0 aliphatic rings. The summed E-state index contributed by atoms with van der Waals surface area (Å²) in [5, 5.41) is 10.8. The fraction of sp³-hybridized carbons (Fsp3) is 0.455. The van der Waals surface area contributed by atoms with E-state index in [1.54, 1.807) is 0 Å². The van der Waals surface area contributed by atoms with E-state index in [0.29, 0.717) is 5.56 Å².